The lowest BCUT2D eigenvalue weighted by molar-refractivity contribution is 0.355. The smallest absolute Gasteiger partial charge is 0.242 e. The lowest BCUT2D eigenvalue weighted by Crippen LogP contribution is -2.02. The van der Waals surface area contributed by atoms with Gasteiger partial charge in [-0.2, -0.15) is 5.10 Å². The Morgan fingerprint density at radius 3 is 2.45 bits per heavy atom. The van der Waals surface area contributed by atoms with Crippen molar-refractivity contribution >= 4 is 22.4 Å². The molecule has 0 aliphatic heterocycles. The van der Waals surface area contributed by atoms with Gasteiger partial charge in [0.05, 0.1) is 5.69 Å². The summed E-state index contributed by atoms with van der Waals surface area (Å²) < 4.78 is 5.46. The molecule has 0 atom stereocenters. The van der Waals surface area contributed by atoms with Gasteiger partial charge in [-0.25, -0.2) is 0 Å². The molecule has 0 saturated carbocycles. The molecule has 0 unspecified atom stereocenters. The number of benzene rings is 2. The van der Waals surface area contributed by atoms with E-state index in [1.165, 1.54) is 0 Å². The maximum atomic E-state index is 5.92. The molecule has 0 amide bonds. The summed E-state index contributed by atoms with van der Waals surface area (Å²) >= 11 is 5.92. The number of halogens is 1. The van der Waals surface area contributed by atoms with Crippen LogP contribution in [0.1, 0.15) is 11.3 Å². The summed E-state index contributed by atoms with van der Waals surface area (Å²) in [7, 11) is 0. The second kappa shape index (κ2) is 6.46. The minimum Gasteiger partial charge on any atom is -0.463 e. The third-order valence-electron chi connectivity index (χ3n) is 3.31. The fourth-order valence-corrected chi connectivity index (χ4v) is 2.40. The van der Waals surface area contributed by atoms with Crippen LogP contribution in [0.2, 0.25) is 5.02 Å². The van der Waals surface area contributed by atoms with Crippen LogP contribution in [0.5, 0.6) is 5.88 Å². The van der Waals surface area contributed by atoms with E-state index in [-0.39, 0.29) is 6.61 Å². The summed E-state index contributed by atoms with van der Waals surface area (Å²) in [5.74, 6) is 2.90. The molecule has 0 aliphatic carbocycles. The molecule has 0 aliphatic rings. The Labute approximate surface area is 133 Å². The predicted molar refractivity (Wildman–Crippen MR) is 88.1 cm³/mol. The molecule has 3 nitrogen and oxygen atoms in total. The van der Waals surface area contributed by atoms with Gasteiger partial charge in [-0.15, -0.1) is 11.5 Å². The summed E-state index contributed by atoms with van der Waals surface area (Å²) in [6, 6.07) is 15.6. The molecular weight excluding hydrogens is 296 g/mol. The van der Waals surface area contributed by atoms with Crippen LogP contribution in [0.15, 0.2) is 48.5 Å². The highest BCUT2D eigenvalue weighted by Crippen LogP contribution is 2.26. The van der Waals surface area contributed by atoms with Crippen LogP contribution in [0.3, 0.4) is 0 Å². The van der Waals surface area contributed by atoms with E-state index < -0.39 is 0 Å². The van der Waals surface area contributed by atoms with Crippen molar-refractivity contribution in [1.82, 2.24) is 10.2 Å². The predicted octanol–water partition coefficient (Wildman–Crippen LogP) is 3.89. The lowest BCUT2D eigenvalue weighted by atomic mass is 10.0. The first-order valence-corrected chi connectivity index (χ1v) is 7.21. The van der Waals surface area contributed by atoms with Crippen molar-refractivity contribution in [3.63, 3.8) is 0 Å². The van der Waals surface area contributed by atoms with Gasteiger partial charge in [0.15, 0.2) is 6.61 Å². The molecule has 22 heavy (non-hydrogen) atoms. The molecular formula is C18H13ClN2O. The monoisotopic (exact) mass is 308 g/mol. The average Bonchev–Trinajstić information content (AvgIpc) is 2.56. The molecule has 3 rings (SSSR count). The molecule has 4 heteroatoms. The summed E-state index contributed by atoms with van der Waals surface area (Å²) in [6.07, 6.45) is 5.91. The van der Waals surface area contributed by atoms with Crippen LogP contribution in [0.25, 0.3) is 10.8 Å². The van der Waals surface area contributed by atoms with Crippen molar-refractivity contribution in [1.29, 1.82) is 0 Å². The van der Waals surface area contributed by atoms with E-state index in [0.29, 0.717) is 12.3 Å². The normalized spacial score (nSPS) is 10.4. The van der Waals surface area contributed by atoms with Crippen molar-refractivity contribution in [3.05, 3.63) is 64.8 Å². The Morgan fingerprint density at radius 1 is 1.00 bits per heavy atom. The number of rotatable bonds is 4. The van der Waals surface area contributed by atoms with Crippen molar-refractivity contribution in [3.8, 4) is 18.2 Å². The number of terminal acetylenes is 1. The molecule has 108 valence electrons. The number of hydrogen-bond acceptors (Lipinski definition) is 3. The SMILES string of the molecule is C#CCOc1nnc(Cc2ccc(Cl)cc2)c2ccccc12. The standard InChI is InChI=1S/C18H13ClN2O/c1-2-11-22-18-16-6-4-3-5-15(16)17(20-21-18)12-13-7-9-14(19)10-8-13/h1,3-10H,11-12H2. The van der Waals surface area contributed by atoms with Gasteiger partial charge in [0.1, 0.15) is 0 Å². The Kier molecular flexibility index (Phi) is 4.22. The fourth-order valence-electron chi connectivity index (χ4n) is 2.28. The van der Waals surface area contributed by atoms with Gasteiger partial charge in [-0.05, 0) is 23.8 Å². The Hall–Kier alpha value is -2.57. The maximum Gasteiger partial charge on any atom is 0.242 e. The van der Waals surface area contributed by atoms with Crippen LogP contribution in [0.4, 0.5) is 0 Å². The summed E-state index contributed by atoms with van der Waals surface area (Å²) in [5.41, 5.74) is 2.02. The van der Waals surface area contributed by atoms with Crippen molar-refractivity contribution in [2.75, 3.05) is 6.61 Å². The third-order valence-corrected chi connectivity index (χ3v) is 3.56. The number of hydrogen-bond donors (Lipinski definition) is 0. The number of nitrogens with zero attached hydrogens (tertiary/aromatic N) is 2. The summed E-state index contributed by atoms with van der Waals surface area (Å²) in [5, 5.41) is 11.1. The average molecular weight is 309 g/mol. The van der Waals surface area contributed by atoms with Gasteiger partial charge in [0, 0.05) is 22.2 Å². The van der Waals surface area contributed by atoms with E-state index in [9.17, 15) is 0 Å². The molecule has 3 aromatic rings. The molecule has 0 saturated heterocycles. The van der Waals surface area contributed by atoms with E-state index in [1.807, 2.05) is 48.5 Å². The first-order chi connectivity index (χ1) is 10.8. The quantitative estimate of drug-likeness (QED) is 0.686. The van der Waals surface area contributed by atoms with Crippen LogP contribution >= 0.6 is 11.6 Å². The van der Waals surface area contributed by atoms with Crippen LogP contribution in [0, 0.1) is 12.3 Å². The highest BCUT2D eigenvalue weighted by Gasteiger charge is 2.10. The van der Waals surface area contributed by atoms with E-state index >= 15 is 0 Å². The van der Waals surface area contributed by atoms with Crippen LogP contribution < -0.4 is 4.74 Å². The van der Waals surface area contributed by atoms with E-state index in [2.05, 4.69) is 16.1 Å². The maximum absolute atomic E-state index is 5.92. The minimum atomic E-state index is 0.176. The fraction of sp³-hybridized carbons (Fsp3) is 0.111. The topological polar surface area (TPSA) is 35.0 Å². The lowest BCUT2D eigenvalue weighted by Gasteiger charge is -2.09. The Bertz CT molecular complexity index is 838. The van der Waals surface area contributed by atoms with Gasteiger partial charge in [0.25, 0.3) is 0 Å². The summed E-state index contributed by atoms with van der Waals surface area (Å²) in [4.78, 5) is 0. The zero-order chi connectivity index (χ0) is 15.4. The molecule has 2 aromatic carbocycles. The second-order valence-corrected chi connectivity index (χ2v) is 5.23. The zero-order valence-electron chi connectivity index (χ0n) is 11.8. The van der Waals surface area contributed by atoms with E-state index in [0.717, 1.165) is 27.1 Å². The first-order valence-electron chi connectivity index (χ1n) is 6.83. The largest absolute Gasteiger partial charge is 0.463 e. The van der Waals surface area contributed by atoms with Gasteiger partial charge >= 0.3 is 0 Å². The third kappa shape index (κ3) is 3.03. The molecule has 0 N–H and O–H groups in total. The van der Waals surface area contributed by atoms with Crippen LogP contribution in [-0.4, -0.2) is 16.8 Å². The first kappa shape index (κ1) is 14.4. The van der Waals surface area contributed by atoms with Gasteiger partial charge in [-0.3, -0.25) is 0 Å². The zero-order valence-corrected chi connectivity index (χ0v) is 12.5. The van der Waals surface area contributed by atoms with E-state index in [1.54, 1.807) is 0 Å². The molecule has 1 heterocycles. The minimum absolute atomic E-state index is 0.176. The molecule has 0 spiro atoms. The Balaban J connectivity index is 2.00. The number of fused-ring (bicyclic) bond motifs is 1. The Morgan fingerprint density at radius 2 is 1.73 bits per heavy atom. The van der Waals surface area contributed by atoms with Crippen LogP contribution in [-0.2, 0) is 6.42 Å². The highest BCUT2D eigenvalue weighted by atomic mass is 35.5. The van der Waals surface area contributed by atoms with Crippen molar-refractivity contribution in [2.45, 2.75) is 6.42 Å². The molecule has 0 fully saturated rings. The number of ether oxygens (including phenoxy) is 1. The van der Waals surface area contributed by atoms with Crippen molar-refractivity contribution < 1.29 is 4.74 Å². The highest BCUT2D eigenvalue weighted by molar-refractivity contribution is 6.30. The molecule has 0 radical (unpaired) electrons. The van der Waals surface area contributed by atoms with Gasteiger partial charge in [0.2, 0.25) is 5.88 Å². The molecule has 0 bridgehead atoms. The van der Waals surface area contributed by atoms with E-state index in [4.69, 9.17) is 22.8 Å². The second-order valence-electron chi connectivity index (χ2n) is 4.79. The summed E-state index contributed by atoms with van der Waals surface area (Å²) in [6.45, 7) is 0.176. The van der Waals surface area contributed by atoms with Crippen molar-refractivity contribution in [2.24, 2.45) is 0 Å². The molecule has 1 aromatic heterocycles. The van der Waals surface area contributed by atoms with Gasteiger partial charge < -0.3 is 4.74 Å². The number of aromatic nitrogens is 2. The van der Waals surface area contributed by atoms with Gasteiger partial charge in [-0.1, -0.05) is 47.9 Å².